The van der Waals surface area contributed by atoms with Crippen LogP contribution in [0.2, 0.25) is 0 Å². The third kappa shape index (κ3) is 0.758. The number of hydrogen-bond acceptors (Lipinski definition) is 0. The first-order valence-electron chi connectivity index (χ1n) is 1.44. The number of allylic oxidation sites excluding steroid dienone is 2. The molecule has 1 heterocycles. The molecular weight excluding hydrogens is 175 g/mol. The SMILES string of the molecule is C1=C[I-]C=C1. The van der Waals surface area contributed by atoms with Crippen LogP contribution in [0.1, 0.15) is 0 Å². The number of hydrogen-bond donors (Lipinski definition) is 0. The van der Waals surface area contributed by atoms with E-state index in [2.05, 4.69) is 20.3 Å². The number of halogens is 1. The van der Waals surface area contributed by atoms with Gasteiger partial charge in [0.1, 0.15) is 0 Å². The van der Waals surface area contributed by atoms with E-state index in [1.807, 2.05) is 0 Å². The molecule has 0 amide bonds. The van der Waals surface area contributed by atoms with Gasteiger partial charge in [-0.2, -0.15) is 0 Å². The molecule has 1 aliphatic heterocycles. The summed E-state index contributed by atoms with van der Waals surface area (Å²) in [5.74, 6) is 0. The molecule has 0 fully saturated rings. The molecule has 0 aromatic carbocycles. The van der Waals surface area contributed by atoms with Crippen LogP contribution in [0.25, 0.3) is 0 Å². The molecule has 1 rings (SSSR count). The van der Waals surface area contributed by atoms with Crippen LogP contribution in [-0.2, 0) is 0 Å². The van der Waals surface area contributed by atoms with Crippen molar-refractivity contribution in [3.05, 3.63) is 20.3 Å². The molecule has 5 heavy (non-hydrogen) atoms. The molecule has 0 unspecified atom stereocenters. The van der Waals surface area contributed by atoms with Crippen molar-refractivity contribution < 1.29 is 21.2 Å². The molecule has 0 radical (unpaired) electrons. The van der Waals surface area contributed by atoms with Gasteiger partial charge < -0.3 is 0 Å². The summed E-state index contributed by atoms with van der Waals surface area (Å²) in [5, 5.41) is 0. The third-order valence-corrected chi connectivity index (χ3v) is 2.06. The Morgan fingerprint density at radius 2 is 1.60 bits per heavy atom. The minimum absolute atomic E-state index is 0.381. The van der Waals surface area contributed by atoms with Crippen molar-refractivity contribution in [3.8, 4) is 0 Å². The fraction of sp³-hybridized carbons (Fsp3) is 0. The van der Waals surface area contributed by atoms with Crippen LogP contribution in [0.15, 0.2) is 20.3 Å². The Morgan fingerprint density at radius 1 is 1.00 bits per heavy atom. The van der Waals surface area contributed by atoms with Gasteiger partial charge in [0.05, 0.1) is 0 Å². The molecule has 0 bridgehead atoms. The van der Waals surface area contributed by atoms with Gasteiger partial charge in [0.2, 0.25) is 0 Å². The van der Waals surface area contributed by atoms with Crippen LogP contribution in [-0.4, -0.2) is 0 Å². The van der Waals surface area contributed by atoms with Gasteiger partial charge in [0.25, 0.3) is 0 Å². The zero-order chi connectivity index (χ0) is 3.54. The predicted octanol–water partition coefficient (Wildman–Crippen LogP) is -1.88. The van der Waals surface area contributed by atoms with E-state index < -0.39 is 0 Å². The predicted molar refractivity (Wildman–Crippen MR) is 18.3 cm³/mol. The Morgan fingerprint density at radius 3 is 1.80 bits per heavy atom. The molecule has 0 aliphatic carbocycles. The Balaban J connectivity index is 2.61. The van der Waals surface area contributed by atoms with Crippen LogP contribution in [0.3, 0.4) is 0 Å². The summed E-state index contributed by atoms with van der Waals surface area (Å²) in [5.41, 5.74) is 0. The maximum atomic E-state index is 2.24. The summed E-state index contributed by atoms with van der Waals surface area (Å²) in [4.78, 5) is 0. The van der Waals surface area contributed by atoms with Crippen molar-refractivity contribution >= 4 is 0 Å². The second kappa shape index (κ2) is 1.60. The van der Waals surface area contributed by atoms with Crippen molar-refractivity contribution in [2.75, 3.05) is 0 Å². The molecule has 1 aliphatic rings. The van der Waals surface area contributed by atoms with Crippen molar-refractivity contribution in [3.63, 3.8) is 0 Å². The first-order chi connectivity index (χ1) is 2.50. The third-order valence-electron chi connectivity index (χ3n) is 0.402. The van der Waals surface area contributed by atoms with Gasteiger partial charge >= 0.3 is 41.5 Å². The summed E-state index contributed by atoms with van der Waals surface area (Å²) >= 11 is 0.381. The summed E-state index contributed by atoms with van der Waals surface area (Å²) < 4.78 is 4.47. The van der Waals surface area contributed by atoms with E-state index in [9.17, 15) is 0 Å². The maximum absolute atomic E-state index is 2.24. The Kier molecular flexibility index (Phi) is 1.09. The van der Waals surface area contributed by atoms with Crippen LogP contribution in [0.4, 0.5) is 0 Å². The zero-order valence-corrected chi connectivity index (χ0v) is 4.84. The van der Waals surface area contributed by atoms with Gasteiger partial charge in [-0.25, -0.2) is 0 Å². The van der Waals surface area contributed by atoms with E-state index in [4.69, 9.17) is 0 Å². The van der Waals surface area contributed by atoms with E-state index in [1.54, 1.807) is 0 Å². The normalized spacial score (nSPS) is 19.2. The second-order valence-corrected chi connectivity index (χ2v) is 2.92. The van der Waals surface area contributed by atoms with Crippen molar-refractivity contribution in [2.24, 2.45) is 0 Å². The van der Waals surface area contributed by atoms with Crippen LogP contribution in [0, 0.1) is 0 Å². The molecule has 0 aromatic heterocycles. The van der Waals surface area contributed by atoms with Gasteiger partial charge in [-0.05, 0) is 0 Å². The fourth-order valence-electron chi connectivity index (χ4n) is 0.210. The van der Waals surface area contributed by atoms with Gasteiger partial charge in [-0.1, -0.05) is 0 Å². The average molecular weight is 179 g/mol. The van der Waals surface area contributed by atoms with Gasteiger partial charge in [0.15, 0.2) is 0 Å². The first kappa shape index (κ1) is 3.40. The molecule has 28 valence electrons. The molecule has 1 heteroatoms. The Labute approximate surface area is 41.8 Å². The molecular formula is C4H4I-. The van der Waals surface area contributed by atoms with Gasteiger partial charge in [0, 0.05) is 0 Å². The van der Waals surface area contributed by atoms with Crippen molar-refractivity contribution in [2.45, 2.75) is 0 Å². The van der Waals surface area contributed by atoms with E-state index in [0.717, 1.165) is 0 Å². The summed E-state index contributed by atoms with van der Waals surface area (Å²) in [7, 11) is 0. The van der Waals surface area contributed by atoms with Crippen LogP contribution >= 0.6 is 0 Å². The molecule has 0 aromatic rings. The monoisotopic (exact) mass is 179 g/mol. The van der Waals surface area contributed by atoms with E-state index >= 15 is 0 Å². The molecule has 0 atom stereocenters. The zero-order valence-electron chi connectivity index (χ0n) is 2.69. The second-order valence-electron chi connectivity index (χ2n) is 0.763. The summed E-state index contributed by atoms with van der Waals surface area (Å²) in [6, 6.07) is 0. The Bertz CT molecular complexity index is 61.7. The van der Waals surface area contributed by atoms with Crippen LogP contribution < -0.4 is 21.2 Å². The first-order valence-corrected chi connectivity index (χ1v) is 3.93. The van der Waals surface area contributed by atoms with E-state index in [1.165, 1.54) is 0 Å². The Hall–Kier alpha value is 0.210. The summed E-state index contributed by atoms with van der Waals surface area (Å²) in [6.07, 6.45) is 4.21. The van der Waals surface area contributed by atoms with Crippen molar-refractivity contribution in [1.29, 1.82) is 0 Å². The van der Waals surface area contributed by atoms with Crippen molar-refractivity contribution in [1.82, 2.24) is 0 Å². The number of rotatable bonds is 0. The molecule has 0 nitrogen and oxygen atoms in total. The topological polar surface area (TPSA) is 0 Å². The minimum atomic E-state index is 0.381. The van der Waals surface area contributed by atoms with Gasteiger partial charge in [-0.15, -0.1) is 0 Å². The van der Waals surface area contributed by atoms with Crippen LogP contribution in [0.5, 0.6) is 0 Å². The van der Waals surface area contributed by atoms with Gasteiger partial charge in [-0.3, -0.25) is 0 Å². The molecule has 0 N–H and O–H groups in total. The standard InChI is InChI=1S/C4H4I/c1-2-4-5-3-1/h1-4H/q-1. The molecule has 0 saturated carbocycles. The van der Waals surface area contributed by atoms with E-state index in [-0.39, 0.29) is 0 Å². The quantitative estimate of drug-likeness (QED) is 0.381. The molecule has 0 saturated heterocycles. The average Bonchev–Trinajstić information content (AvgIpc) is 1.76. The fourth-order valence-corrected chi connectivity index (χ4v) is 1.41. The van der Waals surface area contributed by atoms with E-state index in [0.29, 0.717) is 21.2 Å². The molecule has 0 spiro atoms. The summed E-state index contributed by atoms with van der Waals surface area (Å²) in [6.45, 7) is 0.